The number of halogens is 11. The Hall–Kier alpha value is 2.67. The van der Waals surface area contributed by atoms with E-state index in [9.17, 15) is 0 Å². The van der Waals surface area contributed by atoms with Gasteiger partial charge >= 0.3 is 0 Å². The minimum absolute atomic E-state index is 0.0796. The molecule has 0 amide bonds. The lowest BCUT2D eigenvalue weighted by Gasteiger charge is -2.44. The number of fused-ring (bicyclic) bond motifs is 10. The van der Waals surface area contributed by atoms with Gasteiger partial charge in [0.05, 0.1) is 25.5 Å². The molecule has 4 bridgehead atoms. The summed E-state index contributed by atoms with van der Waals surface area (Å²) >= 11 is 74.5. The number of hydrogen-bond donors (Lipinski definition) is 0. The van der Waals surface area contributed by atoms with Crippen molar-refractivity contribution >= 4 is 128 Å². The van der Waals surface area contributed by atoms with Crippen molar-refractivity contribution in [3.05, 3.63) is 20.1 Å². The third kappa shape index (κ3) is 2.22. The van der Waals surface area contributed by atoms with Gasteiger partial charge in [-0.2, -0.15) is 0 Å². The van der Waals surface area contributed by atoms with Crippen LogP contribution in [0.2, 0.25) is 0 Å². The molecule has 11 heteroatoms. The van der Waals surface area contributed by atoms with Gasteiger partial charge in [0.25, 0.3) is 0 Å². The number of hydrogen-bond acceptors (Lipinski definition) is 0. The summed E-state index contributed by atoms with van der Waals surface area (Å²) in [6.07, 6.45) is 2.55. The lowest BCUT2D eigenvalue weighted by atomic mass is 9.67. The van der Waals surface area contributed by atoms with E-state index in [1.165, 1.54) is 0 Å². The highest BCUT2D eigenvalue weighted by atomic mass is 35.5. The van der Waals surface area contributed by atoms with Crippen LogP contribution < -0.4 is 0 Å². The summed E-state index contributed by atoms with van der Waals surface area (Å²) in [6.45, 7) is 0. The zero-order valence-electron chi connectivity index (χ0n) is 14.4. The Bertz CT molecular complexity index is 815. The van der Waals surface area contributed by atoms with Gasteiger partial charge in [-0.05, 0) is 49.4 Å². The van der Waals surface area contributed by atoms with Crippen molar-refractivity contribution in [3.8, 4) is 0 Å². The Balaban J connectivity index is 1.60. The molecule has 0 heterocycles. The van der Waals surface area contributed by atoms with Crippen LogP contribution in [0.5, 0.6) is 0 Å². The molecule has 162 valence electrons. The van der Waals surface area contributed by atoms with Crippen LogP contribution in [0.1, 0.15) is 25.7 Å². The van der Waals surface area contributed by atoms with Crippen LogP contribution in [0.25, 0.3) is 0 Å². The Morgan fingerprint density at radius 1 is 0.517 bits per heavy atom. The highest BCUT2D eigenvalue weighted by molar-refractivity contribution is 6.65. The van der Waals surface area contributed by atoms with Crippen molar-refractivity contribution in [2.75, 3.05) is 0 Å². The fourth-order valence-corrected chi connectivity index (χ4v) is 12.5. The summed E-state index contributed by atoms with van der Waals surface area (Å²) < 4.78 is -1.55. The van der Waals surface area contributed by atoms with Crippen molar-refractivity contribution in [3.63, 3.8) is 0 Å². The smallest absolute Gasteiger partial charge is 0.118 e. The third-order valence-corrected chi connectivity index (χ3v) is 15.9. The Kier molecular flexibility index (Phi) is 5.38. The monoisotopic (exact) mass is 614 g/mol. The molecule has 0 aromatic carbocycles. The van der Waals surface area contributed by atoms with E-state index in [-0.39, 0.29) is 33.7 Å². The first-order valence-electron chi connectivity index (χ1n) is 9.14. The molecule has 5 aliphatic carbocycles. The van der Waals surface area contributed by atoms with Crippen LogP contribution in [0, 0.1) is 23.7 Å². The lowest BCUT2D eigenvalue weighted by Crippen LogP contribution is -2.44. The minimum Gasteiger partial charge on any atom is -0.118 e. The summed E-state index contributed by atoms with van der Waals surface area (Å²) in [5.41, 5.74) is 0. The highest BCUT2D eigenvalue weighted by Crippen LogP contribution is 2.79. The second-order valence-corrected chi connectivity index (χ2v) is 14.5. The molecule has 5 rings (SSSR count). The summed E-state index contributed by atoms with van der Waals surface area (Å²) in [6, 6.07) is 0. The zero-order chi connectivity index (χ0) is 21.5. The molecule has 0 radical (unpaired) electrons. The van der Waals surface area contributed by atoms with Crippen molar-refractivity contribution in [1.82, 2.24) is 0 Å². The average molecular weight is 619 g/mol. The first kappa shape index (κ1) is 23.4. The van der Waals surface area contributed by atoms with Crippen molar-refractivity contribution in [2.24, 2.45) is 23.7 Å². The molecule has 8 unspecified atom stereocenters. The summed E-state index contributed by atoms with van der Waals surface area (Å²) in [5, 5.41) is 0.488. The van der Waals surface area contributed by atoms with Gasteiger partial charge in [0.1, 0.15) is 19.5 Å². The van der Waals surface area contributed by atoms with Gasteiger partial charge in [0, 0.05) is 0 Å². The van der Waals surface area contributed by atoms with Crippen LogP contribution in [-0.2, 0) is 0 Å². The molecule has 3 fully saturated rings. The van der Waals surface area contributed by atoms with Crippen LogP contribution in [0.3, 0.4) is 0 Å². The first-order chi connectivity index (χ1) is 13.2. The number of rotatable bonds is 0. The number of allylic oxidation sites excluding steroid dienone is 4. The van der Waals surface area contributed by atoms with Gasteiger partial charge < -0.3 is 0 Å². The van der Waals surface area contributed by atoms with E-state index in [2.05, 4.69) is 0 Å². The maximum absolute atomic E-state index is 7.02. The van der Waals surface area contributed by atoms with E-state index in [0.717, 1.165) is 0 Å². The predicted octanol–water partition coefficient (Wildman–Crippen LogP) is 9.15. The second-order valence-electron chi connectivity index (χ2n) is 8.73. The maximum atomic E-state index is 7.02. The fraction of sp³-hybridized carbons (Fsp3) is 0.778. The zero-order valence-corrected chi connectivity index (χ0v) is 22.7. The maximum Gasteiger partial charge on any atom is 0.166 e. The molecule has 0 saturated heterocycles. The van der Waals surface area contributed by atoms with Gasteiger partial charge in [0.15, 0.2) is 4.33 Å². The van der Waals surface area contributed by atoms with Crippen molar-refractivity contribution < 1.29 is 0 Å². The second kappa shape index (κ2) is 6.66. The van der Waals surface area contributed by atoms with Crippen LogP contribution in [0.15, 0.2) is 20.1 Å². The van der Waals surface area contributed by atoms with Gasteiger partial charge in [-0.15, -0.1) is 58.0 Å². The van der Waals surface area contributed by atoms with Gasteiger partial charge in [-0.25, -0.2) is 0 Å². The molecule has 0 N–H and O–H groups in total. The predicted molar refractivity (Wildman–Crippen MR) is 128 cm³/mol. The average Bonchev–Trinajstić information content (AvgIpc) is 2.99. The van der Waals surface area contributed by atoms with E-state index >= 15 is 0 Å². The molecule has 0 aliphatic heterocycles. The molecule has 0 nitrogen and oxygen atoms in total. The molecular weight excluding hydrogens is 606 g/mol. The Morgan fingerprint density at radius 3 is 1.17 bits per heavy atom. The van der Waals surface area contributed by atoms with Gasteiger partial charge in [-0.1, -0.05) is 69.6 Å². The molecule has 0 aromatic rings. The first-order valence-corrected chi connectivity index (χ1v) is 13.4. The van der Waals surface area contributed by atoms with E-state index in [4.69, 9.17) is 128 Å². The molecule has 3 saturated carbocycles. The normalized spacial score (nSPS) is 57.8. The Labute approximate surface area is 224 Å². The van der Waals surface area contributed by atoms with Crippen LogP contribution >= 0.6 is 128 Å². The number of alkyl halides is 7. The van der Waals surface area contributed by atoms with E-state index in [1.54, 1.807) is 0 Å². The fourth-order valence-electron chi connectivity index (χ4n) is 6.70. The molecular formula is C18H13Cl11. The van der Waals surface area contributed by atoms with Crippen molar-refractivity contribution in [2.45, 2.75) is 54.9 Å². The largest absolute Gasteiger partial charge is 0.166 e. The van der Waals surface area contributed by atoms with E-state index in [0.29, 0.717) is 35.7 Å². The Morgan fingerprint density at radius 2 is 0.828 bits per heavy atom. The van der Waals surface area contributed by atoms with Crippen LogP contribution in [-0.4, -0.2) is 29.2 Å². The third-order valence-electron chi connectivity index (χ3n) is 8.00. The minimum atomic E-state index is -1.55. The molecule has 29 heavy (non-hydrogen) atoms. The SMILES string of the molecule is ClC1=C(Cl)C2(Cl)C3CCC4C(CCC3C1(Cl)C2Cl)C1(Cl)C(Cl)=C(Cl)C4(Cl)C1(Cl)Cl. The van der Waals surface area contributed by atoms with Crippen LogP contribution in [0.4, 0.5) is 0 Å². The summed E-state index contributed by atoms with van der Waals surface area (Å²) in [4.78, 5) is -4.60. The molecule has 8 atom stereocenters. The lowest BCUT2D eigenvalue weighted by molar-refractivity contribution is 0.175. The summed E-state index contributed by atoms with van der Waals surface area (Å²) in [5.74, 6) is -0.538. The van der Waals surface area contributed by atoms with E-state index in [1.807, 2.05) is 0 Å². The highest BCUT2D eigenvalue weighted by Gasteiger charge is 2.82. The van der Waals surface area contributed by atoms with Gasteiger partial charge in [0.2, 0.25) is 0 Å². The topological polar surface area (TPSA) is 0 Å². The van der Waals surface area contributed by atoms with E-state index < -0.39 is 29.2 Å². The molecule has 5 aliphatic rings. The standard InChI is InChI=1S/C18H13Cl11/c19-9-10(20)15(25)6-2-4-8-7(3-1-5(6)14(9,24)13(15)23)16(26)11(21)12(22)17(8,27)18(16,28)29/h5-8,13H,1-4H2. The van der Waals surface area contributed by atoms with Crippen molar-refractivity contribution in [1.29, 1.82) is 0 Å². The summed E-state index contributed by atoms with van der Waals surface area (Å²) in [7, 11) is 0. The molecule has 0 aromatic heterocycles. The van der Waals surface area contributed by atoms with Gasteiger partial charge in [-0.3, -0.25) is 0 Å². The quantitative estimate of drug-likeness (QED) is 0.238. The molecule has 0 spiro atoms.